The number of benzene rings is 3. The molecule has 8 heteroatoms. The maximum atomic E-state index is 13.5. The number of nitro benzene ring substituents is 1. The Morgan fingerprint density at radius 3 is 2.09 bits per heavy atom. The Hall–Kier alpha value is -4.46. The van der Waals surface area contributed by atoms with E-state index in [-0.39, 0.29) is 17.0 Å². The van der Waals surface area contributed by atoms with E-state index < -0.39 is 16.7 Å². The fourth-order valence-corrected chi connectivity index (χ4v) is 3.68. The summed E-state index contributed by atoms with van der Waals surface area (Å²) in [6, 6.07) is 20.2. The average molecular weight is 442 g/mol. The first-order chi connectivity index (χ1) is 15.8. The van der Waals surface area contributed by atoms with E-state index in [1.54, 1.807) is 12.1 Å². The van der Waals surface area contributed by atoms with Crippen molar-refractivity contribution in [1.29, 1.82) is 0 Å². The number of imide groups is 1. The monoisotopic (exact) mass is 442 g/mol. The van der Waals surface area contributed by atoms with Crippen LogP contribution in [0.15, 0.2) is 78.5 Å². The number of rotatable bonds is 6. The predicted octanol–water partition coefficient (Wildman–Crippen LogP) is 4.37. The van der Waals surface area contributed by atoms with Crippen molar-refractivity contribution in [2.24, 2.45) is 0 Å². The molecule has 0 aromatic heterocycles. The number of carbonyl (C=O) groups is 2. The number of nitrogens with one attached hydrogen (secondary N) is 1. The van der Waals surface area contributed by atoms with Crippen LogP contribution in [0.5, 0.6) is 0 Å². The van der Waals surface area contributed by atoms with Crippen LogP contribution in [0.3, 0.4) is 0 Å². The number of aryl methyl sites for hydroxylation is 1. The van der Waals surface area contributed by atoms with Crippen LogP contribution in [0.25, 0.3) is 5.57 Å². The lowest BCUT2D eigenvalue weighted by Gasteiger charge is -2.18. The Labute approximate surface area is 190 Å². The molecule has 0 bridgehead atoms. The highest BCUT2D eigenvalue weighted by Gasteiger charge is 2.40. The Balaban J connectivity index is 1.80. The van der Waals surface area contributed by atoms with E-state index in [0.717, 1.165) is 16.2 Å². The van der Waals surface area contributed by atoms with Crippen molar-refractivity contribution in [1.82, 2.24) is 0 Å². The van der Waals surface area contributed by atoms with Crippen LogP contribution in [0, 0.1) is 17.0 Å². The molecule has 33 heavy (non-hydrogen) atoms. The molecule has 8 nitrogen and oxygen atoms in total. The predicted molar refractivity (Wildman–Crippen MR) is 128 cm³/mol. The van der Waals surface area contributed by atoms with Crippen LogP contribution in [-0.4, -0.2) is 30.8 Å². The highest BCUT2D eigenvalue weighted by Crippen LogP contribution is 2.35. The number of nitro groups is 1. The summed E-state index contributed by atoms with van der Waals surface area (Å²) in [5.41, 5.74) is 3.50. The standard InChI is InChI=1S/C25H22N4O4/c1-16-6-4-5-7-21(16)28-24(30)22(17-8-12-20(13-9-17)29(32)33)23(25(28)31)26-18-10-14-19(15-11-18)27(2)3/h4-15,26H,1-3H3. The van der Waals surface area contributed by atoms with Crippen molar-refractivity contribution in [3.05, 3.63) is 99.7 Å². The lowest BCUT2D eigenvalue weighted by atomic mass is 10.0. The molecule has 1 aliphatic heterocycles. The third-order valence-electron chi connectivity index (χ3n) is 5.46. The van der Waals surface area contributed by atoms with Crippen LogP contribution >= 0.6 is 0 Å². The Morgan fingerprint density at radius 1 is 0.879 bits per heavy atom. The van der Waals surface area contributed by atoms with Gasteiger partial charge in [0, 0.05) is 37.6 Å². The zero-order valence-electron chi connectivity index (χ0n) is 18.4. The van der Waals surface area contributed by atoms with Gasteiger partial charge in [0.1, 0.15) is 5.70 Å². The normalized spacial score (nSPS) is 13.5. The van der Waals surface area contributed by atoms with Crippen molar-refractivity contribution in [2.45, 2.75) is 6.92 Å². The molecule has 0 saturated heterocycles. The summed E-state index contributed by atoms with van der Waals surface area (Å²) in [5, 5.41) is 14.2. The minimum Gasteiger partial charge on any atom is -0.378 e. The second kappa shape index (κ2) is 8.58. The van der Waals surface area contributed by atoms with Gasteiger partial charge in [-0.1, -0.05) is 18.2 Å². The molecule has 1 N–H and O–H groups in total. The van der Waals surface area contributed by atoms with Crippen LogP contribution in [0.4, 0.5) is 22.7 Å². The van der Waals surface area contributed by atoms with Gasteiger partial charge in [0.25, 0.3) is 17.5 Å². The summed E-state index contributed by atoms with van der Waals surface area (Å²) in [5.74, 6) is -0.977. The Bertz CT molecular complexity index is 1280. The molecule has 0 saturated carbocycles. The van der Waals surface area contributed by atoms with Gasteiger partial charge in [0.2, 0.25) is 0 Å². The minimum atomic E-state index is -0.509. The van der Waals surface area contributed by atoms with E-state index in [0.29, 0.717) is 16.9 Å². The van der Waals surface area contributed by atoms with Crippen LogP contribution in [0.2, 0.25) is 0 Å². The molecule has 0 spiro atoms. The molecule has 3 aromatic carbocycles. The Kier molecular flexibility index (Phi) is 5.66. The van der Waals surface area contributed by atoms with Crippen molar-refractivity contribution >= 4 is 40.1 Å². The second-order valence-electron chi connectivity index (χ2n) is 7.85. The molecule has 3 aromatic rings. The number of hydrogen-bond acceptors (Lipinski definition) is 6. The largest absolute Gasteiger partial charge is 0.378 e. The number of amides is 2. The molecule has 0 radical (unpaired) electrons. The first-order valence-electron chi connectivity index (χ1n) is 10.3. The number of para-hydroxylation sites is 1. The van der Waals surface area contributed by atoms with Gasteiger partial charge in [-0.05, 0) is 60.5 Å². The van der Waals surface area contributed by atoms with Gasteiger partial charge >= 0.3 is 0 Å². The van der Waals surface area contributed by atoms with Crippen molar-refractivity contribution in [2.75, 3.05) is 29.2 Å². The zero-order chi connectivity index (χ0) is 23.7. The average Bonchev–Trinajstić information content (AvgIpc) is 3.04. The third-order valence-corrected chi connectivity index (χ3v) is 5.46. The number of anilines is 3. The molecule has 166 valence electrons. The molecular formula is C25H22N4O4. The van der Waals surface area contributed by atoms with E-state index >= 15 is 0 Å². The summed E-state index contributed by atoms with van der Waals surface area (Å²) < 4.78 is 0. The first-order valence-corrected chi connectivity index (χ1v) is 10.3. The van der Waals surface area contributed by atoms with Gasteiger partial charge in [-0.3, -0.25) is 19.7 Å². The van der Waals surface area contributed by atoms with Gasteiger partial charge < -0.3 is 10.2 Å². The maximum Gasteiger partial charge on any atom is 0.282 e. The summed E-state index contributed by atoms with van der Waals surface area (Å²) >= 11 is 0. The van der Waals surface area contributed by atoms with Gasteiger partial charge in [-0.25, -0.2) is 4.90 Å². The van der Waals surface area contributed by atoms with Gasteiger partial charge in [0.05, 0.1) is 16.2 Å². The van der Waals surface area contributed by atoms with Crippen molar-refractivity contribution in [3.8, 4) is 0 Å². The van der Waals surface area contributed by atoms with Gasteiger partial charge in [0.15, 0.2) is 0 Å². The number of nitrogens with zero attached hydrogens (tertiary/aromatic N) is 3. The molecule has 2 amide bonds. The summed E-state index contributed by atoms with van der Waals surface area (Å²) in [4.78, 5) is 40.6. The minimum absolute atomic E-state index is 0.0966. The molecule has 1 heterocycles. The highest BCUT2D eigenvalue weighted by atomic mass is 16.6. The first kappa shape index (κ1) is 21.8. The third kappa shape index (κ3) is 4.06. The fourth-order valence-electron chi connectivity index (χ4n) is 3.68. The lowest BCUT2D eigenvalue weighted by Crippen LogP contribution is -2.33. The molecule has 1 aliphatic rings. The van der Waals surface area contributed by atoms with Gasteiger partial charge in [-0.2, -0.15) is 0 Å². The van der Waals surface area contributed by atoms with Crippen LogP contribution in [-0.2, 0) is 9.59 Å². The van der Waals surface area contributed by atoms with Gasteiger partial charge in [-0.15, -0.1) is 0 Å². The SMILES string of the molecule is Cc1ccccc1N1C(=O)C(Nc2ccc(N(C)C)cc2)=C(c2ccc([N+](=O)[O-])cc2)C1=O. The van der Waals surface area contributed by atoms with E-state index in [9.17, 15) is 19.7 Å². The molecule has 0 unspecified atom stereocenters. The fraction of sp³-hybridized carbons (Fsp3) is 0.120. The lowest BCUT2D eigenvalue weighted by molar-refractivity contribution is -0.384. The highest BCUT2D eigenvalue weighted by molar-refractivity contribution is 6.46. The van der Waals surface area contributed by atoms with Crippen molar-refractivity contribution in [3.63, 3.8) is 0 Å². The molecular weight excluding hydrogens is 420 g/mol. The van der Waals surface area contributed by atoms with E-state index in [4.69, 9.17) is 0 Å². The quantitative estimate of drug-likeness (QED) is 0.346. The molecule has 0 atom stereocenters. The molecule has 0 fully saturated rings. The van der Waals surface area contributed by atoms with E-state index in [1.807, 2.05) is 62.3 Å². The number of non-ortho nitro benzene ring substituents is 1. The smallest absolute Gasteiger partial charge is 0.282 e. The Morgan fingerprint density at radius 2 is 1.52 bits per heavy atom. The van der Waals surface area contributed by atoms with Crippen LogP contribution in [0.1, 0.15) is 11.1 Å². The molecule has 4 rings (SSSR count). The summed E-state index contributed by atoms with van der Waals surface area (Å²) in [6.07, 6.45) is 0. The van der Waals surface area contributed by atoms with E-state index in [1.165, 1.54) is 24.3 Å². The summed E-state index contributed by atoms with van der Waals surface area (Å²) in [7, 11) is 3.85. The maximum absolute atomic E-state index is 13.5. The topological polar surface area (TPSA) is 95.8 Å². The number of hydrogen-bond donors (Lipinski definition) is 1. The van der Waals surface area contributed by atoms with Crippen LogP contribution < -0.4 is 15.1 Å². The molecule has 0 aliphatic carbocycles. The van der Waals surface area contributed by atoms with E-state index in [2.05, 4.69) is 5.32 Å². The zero-order valence-corrected chi connectivity index (χ0v) is 18.4. The summed E-state index contributed by atoms with van der Waals surface area (Å²) in [6.45, 7) is 1.83. The second-order valence-corrected chi connectivity index (χ2v) is 7.85. The van der Waals surface area contributed by atoms with Crippen molar-refractivity contribution < 1.29 is 14.5 Å². The number of carbonyl (C=O) groups excluding carboxylic acids is 2.